The highest BCUT2D eigenvalue weighted by atomic mass is 79.9. The van der Waals surface area contributed by atoms with Gasteiger partial charge in [0.15, 0.2) is 0 Å². The molecule has 1 atom stereocenters. The first-order valence-electron chi connectivity index (χ1n) is 5.58. The van der Waals surface area contributed by atoms with Crippen LogP contribution in [0.4, 0.5) is 0 Å². The minimum absolute atomic E-state index is 0.0196. The molecule has 0 aliphatic heterocycles. The molecule has 2 rings (SSSR count). The van der Waals surface area contributed by atoms with Gasteiger partial charge in [0.05, 0.1) is 11.9 Å². The van der Waals surface area contributed by atoms with Gasteiger partial charge in [-0.1, -0.05) is 28.1 Å². The number of halogens is 1. The minimum atomic E-state index is 0.0196. The van der Waals surface area contributed by atoms with E-state index in [4.69, 9.17) is 5.73 Å². The van der Waals surface area contributed by atoms with Crippen LogP contribution >= 0.6 is 15.9 Å². The number of hydrogen-bond acceptors (Lipinski definition) is 2. The molecule has 0 spiro atoms. The molecule has 3 nitrogen and oxygen atoms in total. The van der Waals surface area contributed by atoms with Crippen molar-refractivity contribution in [2.75, 3.05) is 0 Å². The summed E-state index contributed by atoms with van der Waals surface area (Å²) in [4.78, 5) is 4.43. The first-order valence-corrected chi connectivity index (χ1v) is 6.37. The van der Waals surface area contributed by atoms with E-state index >= 15 is 0 Å². The summed E-state index contributed by atoms with van der Waals surface area (Å²) in [6, 6.07) is 8.32. The van der Waals surface area contributed by atoms with Crippen LogP contribution < -0.4 is 5.73 Å². The van der Waals surface area contributed by atoms with Crippen molar-refractivity contribution in [1.29, 1.82) is 0 Å². The van der Waals surface area contributed by atoms with Crippen molar-refractivity contribution in [2.45, 2.75) is 19.4 Å². The lowest BCUT2D eigenvalue weighted by molar-refractivity contribution is 0.693. The molecule has 0 saturated heterocycles. The van der Waals surface area contributed by atoms with Gasteiger partial charge in [-0.3, -0.25) is 0 Å². The monoisotopic (exact) mass is 293 g/mol. The topological polar surface area (TPSA) is 43.8 Å². The zero-order valence-corrected chi connectivity index (χ0v) is 11.6. The van der Waals surface area contributed by atoms with Gasteiger partial charge in [0.2, 0.25) is 0 Å². The van der Waals surface area contributed by atoms with Gasteiger partial charge in [-0.2, -0.15) is 0 Å². The molecule has 0 saturated carbocycles. The first kappa shape index (κ1) is 12.3. The van der Waals surface area contributed by atoms with Crippen LogP contribution in [0, 0.1) is 0 Å². The van der Waals surface area contributed by atoms with Crippen LogP contribution in [-0.4, -0.2) is 9.55 Å². The molecule has 0 aliphatic carbocycles. The Morgan fingerprint density at radius 2 is 2.00 bits per heavy atom. The second-order valence-electron chi connectivity index (χ2n) is 4.25. The SMILES string of the molecule is CC(N)c1cnc(Cc2ccc(Br)cc2)n1C. The summed E-state index contributed by atoms with van der Waals surface area (Å²) in [5, 5.41) is 0. The average Bonchev–Trinajstić information content (AvgIpc) is 2.64. The molecule has 0 fully saturated rings. The molecule has 4 heteroatoms. The highest BCUT2D eigenvalue weighted by molar-refractivity contribution is 9.10. The average molecular weight is 294 g/mol. The standard InChI is InChI=1S/C13H16BrN3/c1-9(15)12-8-16-13(17(12)2)7-10-3-5-11(14)6-4-10/h3-6,8-9H,7,15H2,1-2H3. The molecule has 0 bridgehead atoms. The third-order valence-electron chi connectivity index (χ3n) is 2.86. The van der Waals surface area contributed by atoms with Gasteiger partial charge in [0, 0.05) is 24.0 Å². The molecule has 1 unspecified atom stereocenters. The molecular formula is C13H16BrN3. The van der Waals surface area contributed by atoms with Gasteiger partial charge in [-0.05, 0) is 24.6 Å². The molecule has 2 N–H and O–H groups in total. The van der Waals surface area contributed by atoms with E-state index in [1.165, 1.54) is 5.56 Å². The van der Waals surface area contributed by atoms with E-state index in [0.29, 0.717) is 0 Å². The quantitative estimate of drug-likeness (QED) is 0.946. The lowest BCUT2D eigenvalue weighted by atomic mass is 10.1. The van der Waals surface area contributed by atoms with Gasteiger partial charge < -0.3 is 10.3 Å². The van der Waals surface area contributed by atoms with Crippen molar-refractivity contribution in [3.05, 3.63) is 52.0 Å². The molecule has 0 radical (unpaired) electrons. The van der Waals surface area contributed by atoms with Crippen molar-refractivity contribution in [3.8, 4) is 0 Å². The summed E-state index contributed by atoms with van der Waals surface area (Å²) in [5.41, 5.74) is 8.19. The van der Waals surface area contributed by atoms with Crippen LogP contribution in [0.5, 0.6) is 0 Å². The van der Waals surface area contributed by atoms with E-state index in [0.717, 1.165) is 22.4 Å². The van der Waals surface area contributed by atoms with Gasteiger partial charge in [0.25, 0.3) is 0 Å². The number of aromatic nitrogens is 2. The van der Waals surface area contributed by atoms with Crippen LogP contribution in [-0.2, 0) is 13.5 Å². The zero-order chi connectivity index (χ0) is 12.4. The molecule has 1 heterocycles. The fourth-order valence-electron chi connectivity index (χ4n) is 1.83. The van der Waals surface area contributed by atoms with Gasteiger partial charge in [0.1, 0.15) is 5.82 Å². The largest absolute Gasteiger partial charge is 0.333 e. The third-order valence-corrected chi connectivity index (χ3v) is 3.39. The smallest absolute Gasteiger partial charge is 0.113 e. The van der Waals surface area contributed by atoms with E-state index in [2.05, 4.69) is 37.6 Å². The van der Waals surface area contributed by atoms with Crippen LogP contribution in [0.25, 0.3) is 0 Å². The Bertz CT molecular complexity index is 500. The number of nitrogens with two attached hydrogens (primary N) is 1. The second kappa shape index (κ2) is 5.02. The number of hydrogen-bond donors (Lipinski definition) is 1. The highest BCUT2D eigenvalue weighted by Crippen LogP contribution is 2.16. The van der Waals surface area contributed by atoms with E-state index in [1.807, 2.05) is 32.3 Å². The highest BCUT2D eigenvalue weighted by Gasteiger charge is 2.09. The van der Waals surface area contributed by atoms with Crippen molar-refractivity contribution >= 4 is 15.9 Å². The summed E-state index contributed by atoms with van der Waals surface area (Å²) in [6.45, 7) is 1.97. The Labute approximate surface area is 110 Å². The Morgan fingerprint density at radius 1 is 1.35 bits per heavy atom. The summed E-state index contributed by atoms with van der Waals surface area (Å²) < 4.78 is 3.17. The minimum Gasteiger partial charge on any atom is -0.333 e. The normalized spacial score (nSPS) is 12.7. The molecular weight excluding hydrogens is 278 g/mol. The predicted molar refractivity (Wildman–Crippen MR) is 72.8 cm³/mol. The molecule has 0 amide bonds. The molecule has 17 heavy (non-hydrogen) atoms. The van der Waals surface area contributed by atoms with Crippen molar-refractivity contribution in [3.63, 3.8) is 0 Å². The Morgan fingerprint density at radius 3 is 2.53 bits per heavy atom. The number of benzene rings is 1. The third kappa shape index (κ3) is 2.76. The van der Waals surface area contributed by atoms with Crippen LogP contribution in [0.2, 0.25) is 0 Å². The summed E-state index contributed by atoms with van der Waals surface area (Å²) >= 11 is 3.43. The van der Waals surface area contributed by atoms with E-state index in [1.54, 1.807) is 0 Å². The lowest BCUT2D eigenvalue weighted by Gasteiger charge is -2.08. The molecule has 1 aromatic heterocycles. The summed E-state index contributed by atoms with van der Waals surface area (Å²) in [6.07, 6.45) is 2.69. The second-order valence-corrected chi connectivity index (χ2v) is 5.17. The van der Waals surface area contributed by atoms with Crippen molar-refractivity contribution in [1.82, 2.24) is 9.55 Å². The summed E-state index contributed by atoms with van der Waals surface area (Å²) in [5.74, 6) is 1.04. The zero-order valence-electron chi connectivity index (χ0n) is 10.0. The predicted octanol–water partition coefficient (Wildman–Crippen LogP) is 2.79. The van der Waals surface area contributed by atoms with Gasteiger partial charge in [-0.15, -0.1) is 0 Å². The van der Waals surface area contributed by atoms with Crippen molar-refractivity contribution in [2.24, 2.45) is 12.8 Å². The van der Waals surface area contributed by atoms with Crippen LogP contribution in [0.3, 0.4) is 0 Å². The number of rotatable bonds is 3. The number of nitrogens with zero attached hydrogens (tertiary/aromatic N) is 2. The first-order chi connectivity index (χ1) is 8.08. The molecule has 2 aromatic rings. The van der Waals surface area contributed by atoms with Gasteiger partial charge in [-0.25, -0.2) is 4.98 Å². The molecule has 1 aromatic carbocycles. The van der Waals surface area contributed by atoms with E-state index in [-0.39, 0.29) is 6.04 Å². The maximum Gasteiger partial charge on any atom is 0.113 e. The van der Waals surface area contributed by atoms with E-state index in [9.17, 15) is 0 Å². The molecule has 90 valence electrons. The maximum absolute atomic E-state index is 5.87. The Balaban J connectivity index is 2.22. The maximum atomic E-state index is 5.87. The summed E-state index contributed by atoms with van der Waals surface area (Å²) in [7, 11) is 2.01. The Hall–Kier alpha value is -1.13. The van der Waals surface area contributed by atoms with E-state index < -0.39 is 0 Å². The fourth-order valence-corrected chi connectivity index (χ4v) is 2.10. The lowest BCUT2D eigenvalue weighted by Crippen LogP contribution is -2.11. The van der Waals surface area contributed by atoms with Crippen LogP contribution in [0.1, 0.15) is 30.0 Å². The Kier molecular flexibility index (Phi) is 3.64. The fraction of sp³-hybridized carbons (Fsp3) is 0.308. The van der Waals surface area contributed by atoms with Crippen LogP contribution in [0.15, 0.2) is 34.9 Å². The van der Waals surface area contributed by atoms with Gasteiger partial charge >= 0.3 is 0 Å². The number of imidazole rings is 1. The molecule has 0 aliphatic rings. The van der Waals surface area contributed by atoms with Crippen molar-refractivity contribution < 1.29 is 0 Å².